The second kappa shape index (κ2) is 13.5. The van der Waals surface area contributed by atoms with Crippen molar-refractivity contribution in [1.29, 1.82) is 0 Å². The number of aromatic nitrogens is 3. The van der Waals surface area contributed by atoms with E-state index in [0.717, 1.165) is 63.5 Å². The van der Waals surface area contributed by atoms with Crippen LogP contribution in [-0.4, -0.2) is 95.7 Å². The number of anilines is 5. The normalized spacial score (nSPS) is 17.6. The molecule has 3 heterocycles. The van der Waals surface area contributed by atoms with E-state index in [2.05, 4.69) is 60.2 Å². The van der Waals surface area contributed by atoms with E-state index >= 15 is 0 Å². The van der Waals surface area contributed by atoms with Gasteiger partial charge < -0.3 is 20.3 Å². The van der Waals surface area contributed by atoms with Crippen molar-refractivity contribution in [2.45, 2.75) is 61.6 Å². The molecule has 0 atom stereocenters. The monoisotopic (exact) mass is 640 g/mol. The number of nitrogens with zero attached hydrogens (tertiary/aromatic N) is 6. The maximum Gasteiger partial charge on any atom is 0.232 e. The molecule has 0 unspecified atom stereocenters. The predicted molar refractivity (Wildman–Crippen MR) is 180 cm³/mol. The fraction of sp³-hybridized carbons (Fsp3) is 0.516. The number of hydrogen-bond acceptors (Lipinski definition) is 12. The van der Waals surface area contributed by atoms with E-state index < -0.39 is 15.1 Å². The minimum Gasteiger partial charge on any atom is -0.494 e. The fourth-order valence-corrected chi connectivity index (χ4v) is 7.23. The second-order valence-corrected chi connectivity index (χ2v) is 15.7. The predicted octanol–water partition coefficient (Wildman–Crippen LogP) is 4.80. The number of piperazine rings is 1. The summed E-state index contributed by atoms with van der Waals surface area (Å²) in [6.45, 7) is 14.0. The van der Waals surface area contributed by atoms with Crippen molar-refractivity contribution in [1.82, 2.24) is 24.8 Å². The first-order valence-electron chi connectivity index (χ1n) is 15.2. The van der Waals surface area contributed by atoms with Gasteiger partial charge in [-0.15, -0.1) is 0 Å². The number of methoxy groups -OCH3 is 1. The van der Waals surface area contributed by atoms with Gasteiger partial charge in [0, 0.05) is 57.1 Å². The van der Waals surface area contributed by atoms with Crippen molar-refractivity contribution in [3.05, 3.63) is 48.8 Å². The molecule has 2 aliphatic heterocycles. The summed E-state index contributed by atoms with van der Waals surface area (Å²) >= 11 is 4.75. The van der Waals surface area contributed by atoms with Crippen molar-refractivity contribution in [3.8, 4) is 5.75 Å². The molecule has 238 valence electrons. The zero-order valence-corrected chi connectivity index (χ0v) is 27.9. The first-order chi connectivity index (χ1) is 21.0. The van der Waals surface area contributed by atoms with Crippen LogP contribution in [0.1, 0.15) is 40.5 Å². The molecule has 0 spiro atoms. The molecular formula is C31H44N8O3S2. The number of nitrogens with one attached hydrogen (secondary N) is 2. The van der Waals surface area contributed by atoms with E-state index in [1.165, 1.54) is 6.33 Å². The molecule has 1 aromatic heterocycles. The lowest BCUT2D eigenvalue weighted by Crippen LogP contribution is -2.56. The van der Waals surface area contributed by atoms with Crippen LogP contribution in [0.2, 0.25) is 0 Å². The minimum absolute atomic E-state index is 0.0665. The standard InChI is InChI=1S/C31H44N8O3S2/c1-22(2)44(40,41)28-9-7-6-8-26(28)35-30-33-21-32-29(36-30)34-25-11-10-24(20-27(25)42-5)37-14-12-23(13-15-37)38-16-18-39(19-17-38)31(3,4)43/h6-11,20-23,43H,12-19H2,1-5H3,(H2,32,33,34,35,36). The highest BCUT2D eigenvalue weighted by Gasteiger charge is 2.31. The van der Waals surface area contributed by atoms with Crippen molar-refractivity contribution < 1.29 is 13.2 Å². The highest BCUT2D eigenvalue weighted by molar-refractivity contribution is 7.92. The van der Waals surface area contributed by atoms with Gasteiger partial charge in [-0.25, -0.2) is 18.4 Å². The molecule has 5 rings (SSSR count). The van der Waals surface area contributed by atoms with Gasteiger partial charge >= 0.3 is 0 Å². The molecule has 44 heavy (non-hydrogen) atoms. The fourth-order valence-electron chi connectivity index (χ4n) is 5.83. The van der Waals surface area contributed by atoms with Gasteiger partial charge in [0.25, 0.3) is 0 Å². The molecule has 0 amide bonds. The molecular weight excluding hydrogens is 597 g/mol. The largest absolute Gasteiger partial charge is 0.494 e. The Balaban J connectivity index is 1.22. The van der Waals surface area contributed by atoms with Crippen molar-refractivity contribution in [2.24, 2.45) is 0 Å². The quantitative estimate of drug-likeness (QED) is 0.266. The summed E-state index contributed by atoms with van der Waals surface area (Å²) in [5, 5.41) is 5.71. The van der Waals surface area contributed by atoms with Gasteiger partial charge in [0.15, 0.2) is 9.84 Å². The first kappa shape index (κ1) is 32.3. The van der Waals surface area contributed by atoms with Crippen LogP contribution < -0.4 is 20.3 Å². The number of para-hydroxylation sites is 1. The van der Waals surface area contributed by atoms with E-state index in [1.807, 2.05) is 12.1 Å². The van der Waals surface area contributed by atoms with Gasteiger partial charge in [0.05, 0.1) is 33.5 Å². The molecule has 2 fully saturated rings. The van der Waals surface area contributed by atoms with E-state index in [1.54, 1.807) is 45.2 Å². The number of sulfone groups is 1. The Morgan fingerprint density at radius 3 is 2.18 bits per heavy atom. The summed E-state index contributed by atoms with van der Waals surface area (Å²) in [4.78, 5) is 20.6. The summed E-state index contributed by atoms with van der Waals surface area (Å²) in [5.41, 5.74) is 2.25. The van der Waals surface area contributed by atoms with Crippen LogP contribution in [0.5, 0.6) is 5.75 Å². The average Bonchev–Trinajstić information content (AvgIpc) is 3.01. The molecule has 11 nitrogen and oxygen atoms in total. The van der Waals surface area contributed by atoms with Crippen LogP contribution >= 0.6 is 12.6 Å². The minimum atomic E-state index is -3.50. The maximum absolute atomic E-state index is 12.9. The van der Waals surface area contributed by atoms with Crippen LogP contribution in [0, 0.1) is 0 Å². The third kappa shape index (κ3) is 7.39. The van der Waals surface area contributed by atoms with E-state index in [-0.39, 0.29) is 15.7 Å². The topological polar surface area (TPSA) is 116 Å². The molecule has 2 aromatic carbocycles. The van der Waals surface area contributed by atoms with Crippen LogP contribution in [0.25, 0.3) is 0 Å². The molecule has 2 aliphatic rings. The number of benzene rings is 2. The van der Waals surface area contributed by atoms with Crippen molar-refractivity contribution in [3.63, 3.8) is 0 Å². The number of rotatable bonds is 10. The van der Waals surface area contributed by atoms with Gasteiger partial charge in [-0.1, -0.05) is 12.1 Å². The number of thiol groups is 1. The van der Waals surface area contributed by atoms with Gasteiger partial charge in [0.2, 0.25) is 11.9 Å². The zero-order chi connectivity index (χ0) is 31.5. The summed E-state index contributed by atoms with van der Waals surface area (Å²) in [6, 6.07) is 13.5. The third-order valence-electron chi connectivity index (χ3n) is 8.50. The Labute approximate surface area is 266 Å². The maximum atomic E-state index is 12.9. The van der Waals surface area contributed by atoms with Crippen LogP contribution in [-0.2, 0) is 9.84 Å². The SMILES string of the molecule is COc1cc(N2CCC(N3CCN(C(C)(C)S)CC3)CC2)ccc1Nc1ncnc(Nc2ccccc2S(=O)(=O)C(C)C)n1. The lowest BCUT2D eigenvalue weighted by Gasteiger charge is -2.46. The lowest BCUT2D eigenvalue weighted by molar-refractivity contribution is 0.0608. The number of hydrogen-bond donors (Lipinski definition) is 3. The molecule has 2 saturated heterocycles. The molecule has 0 aliphatic carbocycles. The van der Waals surface area contributed by atoms with Gasteiger partial charge in [-0.05, 0) is 64.8 Å². The molecule has 0 saturated carbocycles. The summed E-state index contributed by atoms with van der Waals surface area (Å²) in [5.74, 6) is 1.21. The third-order valence-corrected chi connectivity index (χ3v) is 11.0. The molecule has 3 aromatic rings. The number of ether oxygens (including phenoxy) is 1. The Hall–Kier alpha value is -3.13. The Kier molecular flexibility index (Phi) is 9.88. The zero-order valence-electron chi connectivity index (χ0n) is 26.2. The average molecular weight is 641 g/mol. The summed E-state index contributed by atoms with van der Waals surface area (Å²) < 4.78 is 31.5. The van der Waals surface area contributed by atoms with Crippen LogP contribution in [0.3, 0.4) is 0 Å². The van der Waals surface area contributed by atoms with E-state index in [0.29, 0.717) is 23.4 Å². The highest BCUT2D eigenvalue weighted by Crippen LogP contribution is 2.34. The molecule has 0 radical (unpaired) electrons. The second-order valence-electron chi connectivity index (χ2n) is 12.1. The molecule has 13 heteroatoms. The number of piperidine rings is 1. The van der Waals surface area contributed by atoms with Gasteiger partial charge in [0.1, 0.15) is 12.1 Å². The lowest BCUT2D eigenvalue weighted by atomic mass is 10.0. The van der Waals surface area contributed by atoms with E-state index in [4.69, 9.17) is 17.4 Å². The first-order valence-corrected chi connectivity index (χ1v) is 17.2. The summed E-state index contributed by atoms with van der Waals surface area (Å²) in [7, 11) is -1.85. The smallest absolute Gasteiger partial charge is 0.232 e. The summed E-state index contributed by atoms with van der Waals surface area (Å²) in [6.07, 6.45) is 3.64. The Morgan fingerprint density at radius 2 is 1.57 bits per heavy atom. The Morgan fingerprint density at radius 1 is 0.932 bits per heavy atom. The van der Waals surface area contributed by atoms with E-state index in [9.17, 15) is 8.42 Å². The van der Waals surface area contributed by atoms with Crippen LogP contribution in [0.15, 0.2) is 53.7 Å². The van der Waals surface area contributed by atoms with Crippen molar-refractivity contribution >= 4 is 51.4 Å². The Bertz CT molecular complexity index is 1530. The van der Waals surface area contributed by atoms with Gasteiger partial charge in [-0.2, -0.15) is 17.6 Å². The molecule has 0 bridgehead atoms. The van der Waals surface area contributed by atoms with Gasteiger partial charge in [-0.3, -0.25) is 9.80 Å². The van der Waals surface area contributed by atoms with Crippen molar-refractivity contribution in [2.75, 3.05) is 61.9 Å². The highest BCUT2D eigenvalue weighted by atomic mass is 32.2. The van der Waals surface area contributed by atoms with Crippen LogP contribution in [0.4, 0.5) is 29.0 Å². The molecule has 2 N–H and O–H groups in total.